The van der Waals surface area contributed by atoms with Gasteiger partial charge < -0.3 is 10.3 Å². The molecule has 0 aliphatic carbocycles. The number of hydrogen-bond donors (Lipinski definition) is 2. The maximum absolute atomic E-state index is 6.08. The number of hydrogen-bond acceptors (Lipinski definition) is 1. The maximum atomic E-state index is 6.08. The Labute approximate surface area is 100.0 Å². The molecular weight excluding hydrogens is 220 g/mol. The van der Waals surface area contributed by atoms with E-state index in [4.69, 9.17) is 11.6 Å². The van der Waals surface area contributed by atoms with Crippen molar-refractivity contribution in [2.24, 2.45) is 0 Å². The van der Waals surface area contributed by atoms with E-state index in [-0.39, 0.29) is 5.41 Å². The second-order valence-electron chi connectivity index (χ2n) is 5.16. The third-order valence-corrected chi connectivity index (χ3v) is 3.62. The SMILES string of the molecule is CC1(C)CNCc2[nH]c3ccc(Cl)cc3c21. The van der Waals surface area contributed by atoms with Crippen LogP contribution >= 0.6 is 11.6 Å². The van der Waals surface area contributed by atoms with Gasteiger partial charge >= 0.3 is 0 Å². The van der Waals surface area contributed by atoms with Gasteiger partial charge in [0.15, 0.2) is 0 Å². The molecule has 2 aromatic rings. The molecule has 2 heterocycles. The summed E-state index contributed by atoms with van der Waals surface area (Å²) >= 11 is 6.08. The average Bonchev–Trinajstić information content (AvgIpc) is 2.56. The predicted molar refractivity (Wildman–Crippen MR) is 68.0 cm³/mol. The van der Waals surface area contributed by atoms with E-state index in [1.54, 1.807) is 0 Å². The molecule has 1 aliphatic heterocycles. The van der Waals surface area contributed by atoms with Crippen LogP contribution in [0.1, 0.15) is 25.1 Å². The fourth-order valence-electron chi connectivity index (χ4n) is 2.71. The topological polar surface area (TPSA) is 27.8 Å². The zero-order valence-corrected chi connectivity index (χ0v) is 10.3. The van der Waals surface area contributed by atoms with Crippen molar-refractivity contribution in [2.75, 3.05) is 6.54 Å². The van der Waals surface area contributed by atoms with Crippen molar-refractivity contribution in [3.63, 3.8) is 0 Å². The highest BCUT2D eigenvalue weighted by Crippen LogP contribution is 2.36. The molecule has 0 unspecified atom stereocenters. The molecule has 0 atom stereocenters. The second kappa shape index (κ2) is 3.25. The Morgan fingerprint density at radius 1 is 1.31 bits per heavy atom. The zero-order valence-electron chi connectivity index (χ0n) is 9.52. The molecule has 0 spiro atoms. The summed E-state index contributed by atoms with van der Waals surface area (Å²) in [6.45, 7) is 6.48. The second-order valence-corrected chi connectivity index (χ2v) is 5.59. The molecule has 1 aliphatic rings. The molecule has 1 aromatic carbocycles. The fraction of sp³-hybridized carbons (Fsp3) is 0.385. The van der Waals surface area contributed by atoms with Gasteiger partial charge in [-0.3, -0.25) is 0 Å². The molecule has 84 valence electrons. The average molecular weight is 235 g/mol. The van der Waals surface area contributed by atoms with Crippen molar-refractivity contribution in [1.82, 2.24) is 10.3 Å². The summed E-state index contributed by atoms with van der Waals surface area (Å²) in [5.74, 6) is 0. The summed E-state index contributed by atoms with van der Waals surface area (Å²) in [5, 5.41) is 5.52. The lowest BCUT2D eigenvalue weighted by atomic mass is 9.80. The van der Waals surface area contributed by atoms with Crippen LogP contribution in [-0.2, 0) is 12.0 Å². The Hall–Kier alpha value is -0.990. The van der Waals surface area contributed by atoms with E-state index in [1.807, 2.05) is 6.07 Å². The van der Waals surface area contributed by atoms with Crippen molar-refractivity contribution in [2.45, 2.75) is 25.8 Å². The Bertz CT molecular complexity index is 554. The molecular formula is C13H15ClN2. The van der Waals surface area contributed by atoms with Crippen LogP contribution in [0.3, 0.4) is 0 Å². The number of nitrogens with one attached hydrogen (secondary N) is 2. The monoisotopic (exact) mass is 234 g/mol. The van der Waals surface area contributed by atoms with Crippen LogP contribution in [0.2, 0.25) is 5.02 Å². The first-order valence-electron chi connectivity index (χ1n) is 5.59. The molecule has 0 amide bonds. The van der Waals surface area contributed by atoms with Gasteiger partial charge in [0, 0.05) is 40.1 Å². The molecule has 0 saturated carbocycles. The van der Waals surface area contributed by atoms with Gasteiger partial charge in [-0.15, -0.1) is 0 Å². The van der Waals surface area contributed by atoms with Crippen LogP contribution in [0.4, 0.5) is 0 Å². The summed E-state index contributed by atoms with van der Waals surface area (Å²) in [6, 6.07) is 6.07. The molecule has 3 rings (SSSR count). The van der Waals surface area contributed by atoms with Gasteiger partial charge in [-0.1, -0.05) is 25.4 Å². The van der Waals surface area contributed by atoms with Crippen LogP contribution in [0, 0.1) is 0 Å². The summed E-state index contributed by atoms with van der Waals surface area (Å²) < 4.78 is 0. The number of fused-ring (bicyclic) bond motifs is 3. The molecule has 0 saturated heterocycles. The third-order valence-electron chi connectivity index (χ3n) is 3.38. The first kappa shape index (κ1) is 10.2. The Kier molecular flexibility index (Phi) is 2.07. The number of halogens is 1. The molecule has 2 nitrogen and oxygen atoms in total. The van der Waals surface area contributed by atoms with Crippen LogP contribution in [0.15, 0.2) is 18.2 Å². The van der Waals surface area contributed by atoms with Crippen molar-refractivity contribution in [3.8, 4) is 0 Å². The Balaban J connectivity index is 2.37. The lowest BCUT2D eigenvalue weighted by Gasteiger charge is -2.31. The van der Waals surface area contributed by atoms with E-state index in [1.165, 1.54) is 22.2 Å². The van der Waals surface area contributed by atoms with Crippen molar-refractivity contribution in [3.05, 3.63) is 34.5 Å². The van der Waals surface area contributed by atoms with Gasteiger partial charge in [0.05, 0.1) is 0 Å². The van der Waals surface area contributed by atoms with Gasteiger partial charge in [-0.25, -0.2) is 0 Å². The molecule has 0 bridgehead atoms. The van der Waals surface area contributed by atoms with Gasteiger partial charge in [-0.2, -0.15) is 0 Å². The minimum Gasteiger partial charge on any atom is -0.357 e. The van der Waals surface area contributed by atoms with E-state index in [0.717, 1.165) is 18.1 Å². The molecule has 3 heteroatoms. The highest BCUT2D eigenvalue weighted by Gasteiger charge is 2.30. The number of H-pyrrole nitrogens is 1. The van der Waals surface area contributed by atoms with Crippen LogP contribution in [-0.4, -0.2) is 11.5 Å². The summed E-state index contributed by atoms with van der Waals surface area (Å²) in [4.78, 5) is 3.48. The van der Waals surface area contributed by atoms with E-state index in [9.17, 15) is 0 Å². The predicted octanol–water partition coefficient (Wildman–Crippen LogP) is 3.20. The first-order chi connectivity index (χ1) is 7.58. The third kappa shape index (κ3) is 1.37. The van der Waals surface area contributed by atoms with E-state index >= 15 is 0 Å². The van der Waals surface area contributed by atoms with E-state index in [0.29, 0.717) is 0 Å². The summed E-state index contributed by atoms with van der Waals surface area (Å²) in [7, 11) is 0. The lowest BCUT2D eigenvalue weighted by Crippen LogP contribution is -2.38. The molecule has 16 heavy (non-hydrogen) atoms. The van der Waals surface area contributed by atoms with Gasteiger partial charge in [0.1, 0.15) is 0 Å². The molecule has 1 aromatic heterocycles. The number of rotatable bonds is 0. The minimum absolute atomic E-state index is 0.163. The quantitative estimate of drug-likeness (QED) is 0.720. The van der Waals surface area contributed by atoms with Gasteiger partial charge in [0.2, 0.25) is 0 Å². The zero-order chi connectivity index (χ0) is 11.3. The smallest absolute Gasteiger partial charge is 0.0460 e. The minimum atomic E-state index is 0.163. The fourth-order valence-corrected chi connectivity index (χ4v) is 2.89. The molecule has 2 N–H and O–H groups in total. The number of benzene rings is 1. The highest BCUT2D eigenvalue weighted by molar-refractivity contribution is 6.31. The number of aromatic nitrogens is 1. The van der Waals surface area contributed by atoms with Gasteiger partial charge in [-0.05, 0) is 23.8 Å². The normalized spacial score (nSPS) is 18.7. The van der Waals surface area contributed by atoms with Crippen molar-refractivity contribution in [1.29, 1.82) is 0 Å². The summed E-state index contributed by atoms with van der Waals surface area (Å²) in [5.41, 5.74) is 4.07. The Morgan fingerprint density at radius 3 is 2.94 bits per heavy atom. The molecule has 0 fully saturated rings. The standard InChI is InChI=1S/C13H15ClN2/c1-13(2)7-15-6-11-12(13)9-5-8(14)3-4-10(9)16-11/h3-5,15-16H,6-7H2,1-2H3. The van der Waals surface area contributed by atoms with E-state index < -0.39 is 0 Å². The van der Waals surface area contributed by atoms with E-state index in [2.05, 4.69) is 36.3 Å². The van der Waals surface area contributed by atoms with Crippen molar-refractivity contribution < 1.29 is 0 Å². The van der Waals surface area contributed by atoms with Crippen LogP contribution in [0.5, 0.6) is 0 Å². The molecule has 0 radical (unpaired) electrons. The van der Waals surface area contributed by atoms with Gasteiger partial charge in [0.25, 0.3) is 0 Å². The lowest BCUT2D eigenvalue weighted by molar-refractivity contribution is 0.435. The largest absolute Gasteiger partial charge is 0.357 e. The summed E-state index contributed by atoms with van der Waals surface area (Å²) in [6.07, 6.45) is 0. The number of aromatic amines is 1. The van der Waals surface area contributed by atoms with Crippen molar-refractivity contribution >= 4 is 22.5 Å². The van der Waals surface area contributed by atoms with Crippen LogP contribution in [0.25, 0.3) is 10.9 Å². The maximum Gasteiger partial charge on any atom is 0.0460 e. The first-order valence-corrected chi connectivity index (χ1v) is 5.97. The Morgan fingerprint density at radius 2 is 2.12 bits per heavy atom. The highest BCUT2D eigenvalue weighted by atomic mass is 35.5. The van der Waals surface area contributed by atoms with Crippen LogP contribution < -0.4 is 5.32 Å².